The molecule has 0 saturated carbocycles. The molecule has 0 spiro atoms. The average Bonchev–Trinajstić information content (AvgIpc) is 2.41. The first kappa shape index (κ1) is 14.4. The Morgan fingerprint density at radius 2 is 1.95 bits per heavy atom. The fraction of sp³-hybridized carbons (Fsp3) is 0.214. The minimum Gasteiger partial charge on any atom is -0.487 e. The van der Waals surface area contributed by atoms with E-state index in [0.717, 1.165) is 17.0 Å². The van der Waals surface area contributed by atoms with Gasteiger partial charge in [-0.1, -0.05) is 35.3 Å². The normalized spacial score (nSPS) is 10.5. The number of halogens is 3. The highest BCUT2D eigenvalue weighted by Gasteiger charge is 2.08. The highest BCUT2D eigenvalue weighted by atomic mass is 35.5. The molecule has 0 bridgehead atoms. The van der Waals surface area contributed by atoms with E-state index in [1.165, 1.54) is 0 Å². The first-order chi connectivity index (χ1) is 9.11. The van der Waals surface area contributed by atoms with Crippen LogP contribution in [-0.4, -0.2) is 4.98 Å². The molecule has 0 fully saturated rings. The molecule has 0 radical (unpaired) electrons. The lowest BCUT2D eigenvalue weighted by Crippen LogP contribution is -2.01. The molecule has 19 heavy (non-hydrogen) atoms. The minimum atomic E-state index is 0.306. The van der Waals surface area contributed by atoms with Gasteiger partial charge in [-0.25, -0.2) is 0 Å². The zero-order chi connectivity index (χ0) is 13.8. The van der Waals surface area contributed by atoms with Crippen molar-refractivity contribution in [1.29, 1.82) is 0 Å². The molecular weight excluding hydrogens is 305 g/mol. The number of hydrogen-bond acceptors (Lipinski definition) is 2. The Hall–Kier alpha value is -0.960. The molecule has 1 aromatic carbocycles. The number of alkyl halides is 1. The third kappa shape index (κ3) is 3.53. The molecular formula is C14H12Cl3NO. The topological polar surface area (TPSA) is 22.1 Å². The van der Waals surface area contributed by atoms with Gasteiger partial charge >= 0.3 is 0 Å². The summed E-state index contributed by atoms with van der Waals surface area (Å²) in [4.78, 5) is 4.33. The van der Waals surface area contributed by atoms with Crippen LogP contribution in [0.3, 0.4) is 0 Å². The van der Waals surface area contributed by atoms with E-state index < -0.39 is 0 Å². The van der Waals surface area contributed by atoms with E-state index in [0.29, 0.717) is 28.3 Å². The number of pyridine rings is 1. The van der Waals surface area contributed by atoms with E-state index in [1.54, 1.807) is 6.07 Å². The van der Waals surface area contributed by atoms with Crippen LogP contribution in [0.5, 0.6) is 5.75 Å². The lowest BCUT2D eigenvalue weighted by Gasteiger charge is -2.11. The summed E-state index contributed by atoms with van der Waals surface area (Å²) in [5, 5.41) is 1.03. The summed E-state index contributed by atoms with van der Waals surface area (Å²) < 4.78 is 5.71. The number of aromatic nitrogens is 1. The van der Waals surface area contributed by atoms with Gasteiger partial charge in [-0.15, -0.1) is 11.6 Å². The van der Waals surface area contributed by atoms with Crippen molar-refractivity contribution < 1.29 is 4.74 Å². The summed E-state index contributed by atoms with van der Waals surface area (Å²) >= 11 is 17.9. The second kappa shape index (κ2) is 6.47. The van der Waals surface area contributed by atoms with Crippen molar-refractivity contribution in [2.45, 2.75) is 19.4 Å². The standard InChI is InChI=1S/C14H12Cl3NO/c1-9-5-6-13(12(7-15)18-9)19-8-10-3-2-4-11(16)14(10)17/h2-6H,7-8H2,1H3. The Kier molecular flexibility index (Phi) is 4.92. The zero-order valence-corrected chi connectivity index (χ0v) is 12.6. The third-order valence-electron chi connectivity index (χ3n) is 2.61. The van der Waals surface area contributed by atoms with Crippen molar-refractivity contribution in [2.75, 3.05) is 0 Å². The molecule has 0 unspecified atom stereocenters. The van der Waals surface area contributed by atoms with Gasteiger partial charge in [-0.3, -0.25) is 4.98 Å². The van der Waals surface area contributed by atoms with E-state index in [4.69, 9.17) is 39.5 Å². The van der Waals surface area contributed by atoms with Crippen LogP contribution in [0.4, 0.5) is 0 Å². The molecule has 2 rings (SSSR count). The van der Waals surface area contributed by atoms with Crippen LogP contribution in [0.15, 0.2) is 30.3 Å². The monoisotopic (exact) mass is 315 g/mol. The molecule has 0 N–H and O–H groups in total. The number of hydrogen-bond donors (Lipinski definition) is 0. The fourth-order valence-electron chi connectivity index (χ4n) is 1.64. The Bertz CT molecular complexity index is 587. The van der Waals surface area contributed by atoms with Crippen molar-refractivity contribution in [3.63, 3.8) is 0 Å². The summed E-state index contributed by atoms with van der Waals surface area (Å²) in [5.74, 6) is 0.969. The van der Waals surface area contributed by atoms with Crippen LogP contribution >= 0.6 is 34.8 Å². The molecule has 100 valence electrons. The number of nitrogens with zero attached hydrogens (tertiary/aromatic N) is 1. The number of benzene rings is 1. The van der Waals surface area contributed by atoms with Gasteiger partial charge in [0.2, 0.25) is 0 Å². The predicted molar refractivity (Wildman–Crippen MR) is 79.3 cm³/mol. The molecule has 0 saturated heterocycles. The van der Waals surface area contributed by atoms with Crippen LogP contribution in [0.2, 0.25) is 10.0 Å². The largest absolute Gasteiger partial charge is 0.487 e. The maximum Gasteiger partial charge on any atom is 0.142 e. The lowest BCUT2D eigenvalue weighted by molar-refractivity contribution is 0.302. The first-order valence-electron chi connectivity index (χ1n) is 5.70. The average molecular weight is 317 g/mol. The van der Waals surface area contributed by atoms with Gasteiger partial charge in [-0.05, 0) is 25.1 Å². The molecule has 0 atom stereocenters. The maximum atomic E-state index is 6.10. The van der Waals surface area contributed by atoms with E-state index >= 15 is 0 Å². The van der Waals surface area contributed by atoms with Gasteiger partial charge in [0.05, 0.1) is 21.6 Å². The van der Waals surface area contributed by atoms with E-state index in [2.05, 4.69) is 4.98 Å². The van der Waals surface area contributed by atoms with Crippen LogP contribution < -0.4 is 4.74 Å². The lowest BCUT2D eigenvalue weighted by atomic mass is 10.2. The van der Waals surface area contributed by atoms with Gasteiger partial charge in [-0.2, -0.15) is 0 Å². The van der Waals surface area contributed by atoms with Crippen LogP contribution in [0.25, 0.3) is 0 Å². The summed E-state index contributed by atoms with van der Waals surface area (Å²) in [6, 6.07) is 9.19. The maximum absolute atomic E-state index is 6.10. The minimum absolute atomic E-state index is 0.306. The number of ether oxygens (including phenoxy) is 1. The highest BCUT2D eigenvalue weighted by molar-refractivity contribution is 6.42. The Morgan fingerprint density at radius 1 is 1.16 bits per heavy atom. The van der Waals surface area contributed by atoms with Gasteiger partial charge in [0.15, 0.2) is 0 Å². The summed E-state index contributed by atoms with van der Waals surface area (Å²) in [6.07, 6.45) is 0. The predicted octanol–water partition coefficient (Wildman–Crippen LogP) is 5.01. The summed E-state index contributed by atoms with van der Waals surface area (Å²) in [7, 11) is 0. The molecule has 0 aliphatic heterocycles. The smallest absolute Gasteiger partial charge is 0.142 e. The Balaban J connectivity index is 2.17. The van der Waals surface area contributed by atoms with Crippen molar-refractivity contribution in [1.82, 2.24) is 4.98 Å². The quantitative estimate of drug-likeness (QED) is 0.739. The second-order valence-electron chi connectivity index (χ2n) is 4.03. The number of aryl methyl sites for hydroxylation is 1. The van der Waals surface area contributed by atoms with Gasteiger partial charge in [0.1, 0.15) is 12.4 Å². The second-order valence-corrected chi connectivity index (χ2v) is 5.09. The van der Waals surface area contributed by atoms with Crippen molar-refractivity contribution in [3.05, 3.63) is 57.3 Å². The van der Waals surface area contributed by atoms with Crippen molar-refractivity contribution in [2.24, 2.45) is 0 Å². The first-order valence-corrected chi connectivity index (χ1v) is 6.99. The van der Waals surface area contributed by atoms with Crippen molar-refractivity contribution in [3.8, 4) is 5.75 Å². The van der Waals surface area contributed by atoms with Crippen LogP contribution in [0.1, 0.15) is 17.0 Å². The van der Waals surface area contributed by atoms with Gasteiger partial charge < -0.3 is 4.74 Å². The molecule has 0 aliphatic carbocycles. The van der Waals surface area contributed by atoms with E-state index in [9.17, 15) is 0 Å². The summed E-state index contributed by atoms with van der Waals surface area (Å²) in [6.45, 7) is 2.24. The molecule has 0 amide bonds. The molecule has 2 nitrogen and oxygen atoms in total. The molecule has 0 aliphatic rings. The third-order valence-corrected chi connectivity index (χ3v) is 3.72. The highest BCUT2D eigenvalue weighted by Crippen LogP contribution is 2.27. The van der Waals surface area contributed by atoms with E-state index in [-0.39, 0.29) is 0 Å². The zero-order valence-electron chi connectivity index (χ0n) is 10.3. The molecule has 2 aromatic rings. The van der Waals surface area contributed by atoms with E-state index in [1.807, 2.05) is 31.2 Å². The molecule has 1 aromatic heterocycles. The van der Waals surface area contributed by atoms with Crippen LogP contribution in [0, 0.1) is 6.92 Å². The SMILES string of the molecule is Cc1ccc(OCc2cccc(Cl)c2Cl)c(CCl)n1. The Morgan fingerprint density at radius 3 is 2.68 bits per heavy atom. The van der Waals surface area contributed by atoms with Gasteiger partial charge in [0.25, 0.3) is 0 Å². The molecule has 5 heteroatoms. The van der Waals surface area contributed by atoms with Crippen LogP contribution in [-0.2, 0) is 12.5 Å². The number of rotatable bonds is 4. The van der Waals surface area contributed by atoms with Crippen molar-refractivity contribution >= 4 is 34.8 Å². The Labute approximate surface area is 127 Å². The fourth-order valence-corrected chi connectivity index (χ4v) is 2.21. The van der Waals surface area contributed by atoms with Gasteiger partial charge in [0, 0.05) is 11.3 Å². The molecule has 1 heterocycles. The summed E-state index contributed by atoms with van der Waals surface area (Å²) in [5.41, 5.74) is 2.46.